The zero-order valence-corrected chi connectivity index (χ0v) is 17.2. The minimum absolute atomic E-state index is 0.171. The molecule has 2 amide bonds. The molecule has 0 aromatic heterocycles. The Kier molecular flexibility index (Phi) is 4.59. The highest BCUT2D eigenvalue weighted by molar-refractivity contribution is 9.10. The van der Waals surface area contributed by atoms with Crippen LogP contribution in [0.15, 0.2) is 70.3 Å². The van der Waals surface area contributed by atoms with Gasteiger partial charge < -0.3 is 4.74 Å². The molecule has 29 heavy (non-hydrogen) atoms. The Hall–Kier alpha value is -2.73. The molecule has 1 saturated carbocycles. The summed E-state index contributed by atoms with van der Waals surface area (Å²) >= 11 is 3.52. The molecule has 0 unspecified atom stereocenters. The van der Waals surface area contributed by atoms with Crippen LogP contribution in [-0.4, -0.2) is 23.0 Å². The van der Waals surface area contributed by atoms with Gasteiger partial charge >= 0.3 is 0 Å². The molecule has 0 radical (unpaired) electrons. The lowest BCUT2D eigenvalue weighted by atomic mass is 9.85. The largest absolute Gasteiger partial charge is 0.488 e. The summed E-state index contributed by atoms with van der Waals surface area (Å²) in [4.78, 5) is 25.4. The van der Waals surface area contributed by atoms with Gasteiger partial charge in [-0.2, -0.15) is 10.1 Å². The maximum atomic E-state index is 12.7. The second-order valence-corrected chi connectivity index (χ2v) is 8.55. The van der Waals surface area contributed by atoms with Gasteiger partial charge in [0.2, 0.25) is 0 Å². The van der Waals surface area contributed by atoms with Gasteiger partial charge in [0.1, 0.15) is 12.4 Å². The van der Waals surface area contributed by atoms with Crippen molar-refractivity contribution in [2.45, 2.75) is 13.0 Å². The molecule has 2 fully saturated rings. The first kappa shape index (κ1) is 18.3. The number of hydrogen-bond acceptors (Lipinski definition) is 4. The van der Waals surface area contributed by atoms with E-state index in [4.69, 9.17) is 4.74 Å². The molecule has 5 nitrogen and oxygen atoms in total. The third-order valence-electron chi connectivity index (χ3n) is 5.96. The second kappa shape index (κ2) is 7.26. The van der Waals surface area contributed by atoms with Gasteiger partial charge in [-0.3, -0.25) is 9.59 Å². The number of allylic oxidation sites excluding steroid dienone is 2. The predicted molar refractivity (Wildman–Crippen MR) is 112 cm³/mol. The van der Waals surface area contributed by atoms with Crippen molar-refractivity contribution in [3.05, 3.63) is 76.3 Å². The number of hydrogen-bond donors (Lipinski definition) is 0. The number of carbonyl (C=O) groups is 2. The maximum Gasteiger partial charge on any atom is 0.254 e. The first-order valence-electron chi connectivity index (χ1n) is 9.68. The lowest BCUT2D eigenvalue weighted by molar-refractivity contribution is -0.140. The van der Waals surface area contributed by atoms with Gasteiger partial charge in [-0.25, -0.2) is 0 Å². The van der Waals surface area contributed by atoms with E-state index in [0.29, 0.717) is 6.61 Å². The van der Waals surface area contributed by atoms with Crippen molar-refractivity contribution in [1.29, 1.82) is 0 Å². The number of benzene rings is 2. The summed E-state index contributed by atoms with van der Waals surface area (Å²) in [5, 5.41) is 5.28. The molecule has 3 aliphatic rings. The average molecular weight is 451 g/mol. The molecule has 2 aromatic rings. The summed E-state index contributed by atoms with van der Waals surface area (Å²) in [5.74, 6) is 0.306. The molecule has 2 aromatic carbocycles. The Balaban J connectivity index is 1.27. The number of ether oxygens (including phenoxy) is 1. The fourth-order valence-corrected chi connectivity index (χ4v) is 5.09. The number of nitrogens with zero attached hydrogens (tertiary/aromatic N) is 2. The van der Waals surface area contributed by atoms with Crippen LogP contribution in [0, 0.1) is 23.7 Å². The first-order valence-corrected chi connectivity index (χ1v) is 10.5. The van der Waals surface area contributed by atoms with E-state index in [1.807, 2.05) is 48.5 Å². The SMILES string of the molecule is O=C1[C@H]2[C@H](C(=O)N1/N=C\c1ccc(OCc3ccccc3)c(Br)c1)[C@H]1C=C[C@H]2C1. The van der Waals surface area contributed by atoms with Crippen LogP contribution < -0.4 is 4.74 Å². The van der Waals surface area contributed by atoms with E-state index in [-0.39, 0.29) is 35.5 Å². The highest BCUT2D eigenvalue weighted by Crippen LogP contribution is 2.52. The molecule has 146 valence electrons. The molecular weight excluding hydrogens is 432 g/mol. The van der Waals surface area contributed by atoms with Crippen molar-refractivity contribution < 1.29 is 14.3 Å². The number of fused-ring (bicyclic) bond motifs is 5. The summed E-state index contributed by atoms with van der Waals surface area (Å²) < 4.78 is 6.64. The number of halogens is 1. The van der Waals surface area contributed by atoms with Crippen LogP contribution >= 0.6 is 15.9 Å². The molecule has 6 heteroatoms. The molecule has 5 rings (SSSR count). The number of imide groups is 1. The monoisotopic (exact) mass is 450 g/mol. The molecule has 0 spiro atoms. The van der Waals surface area contributed by atoms with Gasteiger partial charge in [-0.05, 0) is 63.5 Å². The van der Waals surface area contributed by atoms with E-state index in [2.05, 4.69) is 33.2 Å². The summed E-state index contributed by atoms with van der Waals surface area (Å²) in [6, 6.07) is 15.5. The Morgan fingerprint density at radius 1 is 1.03 bits per heavy atom. The fraction of sp³-hybridized carbons (Fsp3) is 0.261. The fourth-order valence-electron chi connectivity index (χ4n) is 4.57. The first-order chi connectivity index (χ1) is 14.1. The zero-order chi connectivity index (χ0) is 20.0. The molecular formula is C23H19BrN2O3. The minimum Gasteiger partial charge on any atom is -0.488 e. The van der Waals surface area contributed by atoms with Crippen LogP contribution in [0.25, 0.3) is 0 Å². The van der Waals surface area contributed by atoms with E-state index >= 15 is 0 Å². The van der Waals surface area contributed by atoms with Gasteiger partial charge in [0.25, 0.3) is 11.8 Å². The second-order valence-electron chi connectivity index (χ2n) is 7.70. The van der Waals surface area contributed by atoms with Gasteiger partial charge in [0.15, 0.2) is 0 Å². The van der Waals surface area contributed by atoms with Gasteiger partial charge in [-0.15, -0.1) is 0 Å². The zero-order valence-electron chi connectivity index (χ0n) is 15.6. The number of rotatable bonds is 5. The van der Waals surface area contributed by atoms with Gasteiger partial charge in [-0.1, -0.05) is 42.5 Å². The van der Waals surface area contributed by atoms with E-state index in [0.717, 1.165) is 32.8 Å². The van der Waals surface area contributed by atoms with Crippen LogP contribution in [0.4, 0.5) is 0 Å². The molecule has 4 atom stereocenters. The lowest BCUT2D eigenvalue weighted by Crippen LogP contribution is -2.28. The standard InChI is InChI=1S/C23H19BrN2O3/c24-18-10-15(6-9-19(18)29-13-14-4-2-1-3-5-14)12-25-26-22(27)20-16-7-8-17(11-16)21(20)23(26)28/h1-10,12,16-17,20-21H,11,13H2/b25-12-/t16-,17-,20+,21+/m0/s1. The third-order valence-corrected chi connectivity index (χ3v) is 6.58. The van der Waals surface area contributed by atoms with Crippen LogP contribution in [0.2, 0.25) is 0 Å². The highest BCUT2D eigenvalue weighted by atomic mass is 79.9. The van der Waals surface area contributed by atoms with Crippen molar-refractivity contribution in [3.8, 4) is 5.75 Å². The minimum atomic E-state index is -0.227. The topological polar surface area (TPSA) is 59.0 Å². The van der Waals surface area contributed by atoms with Crippen molar-refractivity contribution in [2.24, 2.45) is 28.8 Å². The number of carbonyl (C=O) groups excluding carboxylic acids is 2. The van der Waals surface area contributed by atoms with E-state index < -0.39 is 0 Å². The summed E-state index contributed by atoms with van der Waals surface area (Å²) in [6.45, 7) is 0.475. The summed E-state index contributed by atoms with van der Waals surface area (Å²) in [7, 11) is 0. The number of amides is 2. The molecule has 1 aliphatic heterocycles. The summed E-state index contributed by atoms with van der Waals surface area (Å²) in [5.41, 5.74) is 1.87. The maximum absolute atomic E-state index is 12.7. The quantitative estimate of drug-likeness (QED) is 0.390. The average Bonchev–Trinajstić information content (AvgIpc) is 3.41. The van der Waals surface area contributed by atoms with Crippen LogP contribution in [0.1, 0.15) is 17.5 Å². The Labute approximate surface area is 177 Å². The van der Waals surface area contributed by atoms with E-state index in [9.17, 15) is 9.59 Å². The third kappa shape index (κ3) is 3.21. The van der Waals surface area contributed by atoms with Crippen molar-refractivity contribution >= 4 is 34.0 Å². The van der Waals surface area contributed by atoms with Crippen LogP contribution in [0.3, 0.4) is 0 Å². The predicted octanol–water partition coefficient (Wildman–Crippen LogP) is 4.17. The molecule has 0 N–H and O–H groups in total. The Bertz CT molecular complexity index is 1000. The van der Waals surface area contributed by atoms with Crippen molar-refractivity contribution in [1.82, 2.24) is 5.01 Å². The number of hydrazone groups is 1. The van der Waals surface area contributed by atoms with E-state index in [1.54, 1.807) is 6.21 Å². The summed E-state index contributed by atoms with van der Waals surface area (Å²) in [6.07, 6.45) is 6.63. The molecule has 1 saturated heterocycles. The molecule has 2 aliphatic carbocycles. The Morgan fingerprint density at radius 2 is 1.72 bits per heavy atom. The normalized spacial score (nSPS) is 27.3. The Morgan fingerprint density at radius 3 is 2.38 bits per heavy atom. The highest BCUT2D eigenvalue weighted by Gasteiger charge is 2.59. The van der Waals surface area contributed by atoms with Gasteiger partial charge in [0.05, 0.1) is 22.5 Å². The van der Waals surface area contributed by atoms with Crippen molar-refractivity contribution in [2.75, 3.05) is 0 Å². The van der Waals surface area contributed by atoms with Crippen molar-refractivity contribution in [3.63, 3.8) is 0 Å². The smallest absolute Gasteiger partial charge is 0.254 e. The van der Waals surface area contributed by atoms with Crippen LogP contribution in [-0.2, 0) is 16.2 Å². The molecule has 1 heterocycles. The van der Waals surface area contributed by atoms with Gasteiger partial charge in [0, 0.05) is 0 Å². The molecule has 2 bridgehead atoms. The van der Waals surface area contributed by atoms with Crippen LogP contribution in [0.5, 0.6) is 5.75 Å². The van der Waals surface area contributed by atoms with E-state index in [1.165, 1.54) is 0 Å². The lowest BCUT2D eigenvalue weighted by Gasteiger charge is -2.13.